The van der Waals surface area contributed by atoms with Crippen LogP contribution in [0.3, 0.4) is 0 Å². The van der Waals surface area contributed by atoms with Gasteiger partial charge in [-0.05, 0) is 59.5 Å². The van der Waals surface area contributed by atoms with Crippen LogP contribution >= 0.6 is 0 Å². The molecule has 9 nitrogen and oxygen atoms in total. The predicted molar refractivity (Wildman–Crippen MR) is 149 cm³/mol. The van der Waals surface area contributed by atoms with Crippen molar-refractivity contribution in [1.82, 2.24) is 15.0 Å². The molecule has 5 aromatic rings. The Morgan fingerprint density at radius 2 is 1.59 bits per heavy atom. The van der Waals surface area contributed by atoms with E-state index in [1.165, 1.54) is 11.7 Å². The molecule has 1 aliphatic heterocycles. The molecule has 0 unspecified atom stereocenters. The minimum Gasteiger partial charge on any atom is -0.506 e. The fraction of sp³-hybridized carbons (Fsp3) is 0.167. The molecule has 0 bridgehead atoms. The van der Waals surface area contributed by atoms with Crippen molar-refractivity contribution in [3.63, 3.8) is 0 Å². The number of hydrogen-bond donors (Lipinski definition) is 2. The summed E-state index contributed by atoms with van der Waals surface area (Å²) in [5.74, 6) is -1.15. The maximum absolute atomic E-state index is 13.6. The number of rotatable bonds is 3. The molecule has 0 saturated carbocycles. The Bertz CT molecular complexity index is 1840. The number of nitrogens with zero attached hydrogens (tertiary/aromatic N) is 4. The van der Waals surface area contributed by atoms with Gasteiger partial charge in [-0.1, -0.05) is 39.0 Å². The number of aromatic nitrogens is 3. The van der Waals surface area contributed by atoms with Crippen LogP contribution in [-0.2, 0) is 10.2 Å². The van der Waals surface area contributed by atoms with Crippen molar-refractivity contribution in [2.45, 2.75) is 33.1 Å². The van der Waals surface area contributed by atoms with Crippen LogP contribution in [0.1, 0.15) is 54.0 Å². The number of carbonyl (C=O) groups excluding carboxylic acids is 3. The SMILES string of the molecule is CC(=O)Nc1ccc2c3c(cccc13)C(=O)N(c1ccc3nn(-c4cc(C(C)(C)C)ccc4O)nc3c1)C2=O. The number of amides is 3. The Hall–Kier alpha value is -5.05. The van der Waals surface area contributed by atoms with Crippen LogP contribution in [0.2, 0.25) is 0 Å². The molecule has 39 heavy (non-hydrogen) atoms. The molecule has 9 heteroatoms. The van der Waals surface area contributed by atoms with Gasteiger partial charge >= 0.3 is 0 Å². The lowest BCUT2D eigenvalue weighted by molar-refractivity contribution is -0.114. The number of benzene rings is 4. The highest BCUT2D eigenvalue weighted by Gasteiger charge is 2.35. The van der Waals surface area contributed by atoms with Crippen molar-refractivity contribution >= 4 is 50.9 Å². The van der Waals surface area contributed by atoms with Gasteiger partial charge in [0.2, 0.25) is 5.91 Å². The first-order chi connectivity index (χ1) is 18.5. The summed E-state index contributed by atoms with van der Waals surface area (Å²) in [6.07, 6.45) is 0. The summed E-state index contributed by atoms with van der Waals surface area (Å²) in [6.45, 7) is 7.64. The summed E-state index contributed by atoms with van der Waals surface area (Å²) in [6, 6.07) is 18.8. The van der Waals surface area contributed by atoms with Crippen LogP contribution in [0.5, 0.6) is 5.75 Å². The number of imide groups is 1. The van der Waals surface area contributed by atoms with Crippen molar-refractivity contribution in [3.8, 4) is 11.4 Å². The molecule has 0 fully saturated rings. The van der Waals surface area contributed by atoms with E-state index in [1.807, 2.05) is 12.1 Å². The zero-order chi connectivity index (χ0) is 27.6. The lowest BCUT2D eigenvalue weighted by Gasteiger charge is -2.27. The van der Waals surface area contributed by atoms with Gasteiger partial charge in [0.15, 0.2) is 0 Å². The fourth-order valence-electron chi connectivity index (χ4n) is 4.93. The second-order valence-electron chi connectivity index (χ2n) is 10.6. The van der Waals surface area contributed by atoms with Gasteiger partial charge in [-0.25, -0.2) is 4.90 Å². The highest BCUT2D eigenvalue weighted by molar-refractivity contribution is 6.36. The van der Waals surface area contributed by atoms with Crippen molar-refractivity contribution in [2.75, 3.05) is 10.2 Å². The van der Waals surface area contributed by atoms with E-state index in [0.717, 1.165) is 10.5 Å². The first kappa shape index (κ1) is 24.3. The van der Waals surface area contributed by atoms with E-state index in [-0.39, 0.29) is 17.1 Å². The van der Waals surface area contributed by atoms with Gasteiger partial charge in [0.05, 0.1) is 5.69 Å². The minimum absolute atomic E-state index is 0.0354. The summed E-state index contributed by atoms with van der Waals surface area (Å²) in [4.78, 5) is 41.4. The molecule has 6 rings (SSSR count). The maximum atomic E-state index is 13.6. The fourth-order valence-corrected chi connectivity index (χ4v) is 4.93. The molecule has 2 heterocycles. The van der Waals surface area contributed by atoms with Gasteiger partial charge in [-0.15, -0.1) is 15.0 Å². The van der Waals surface area contributed by atoms with Crippen LogP contribution in [0.15, 0.2) is 66.7 Å². The molecule has 4 aromatic carbocycles. The van der Waals surface area contributed by atoms with Crippen molar-refractivity contribution < 1.29 is 19.5 Å². The molecular formula is C30H25N5O4. The second-order valence-corrected chi connectivity index (χ2v) is 10.6. The van der Waals surface area contributed by atoms with E-state index < -0.39 is 11.8 Å². The highest BCUT2D eigenvalue weighted by atomic mass is 16.3. The third-order valence-electron chi connectivity index (χ3n) is 6.90. The van der Waals surface area contributed by atoms with Crippen molar-refractivity contribution in [2.24, 2.45) is 0 Å². The van der Waals surface area contributed by atoms with Crippen LogP contribution < -0.4 is 10.2 Å². The lowest BCUT2D eigenvalue weighted by Crippen LogP contribution is -2.40. The van der Waals surface area contributed by atoms with Gasteiger partial charge in [0.25, 0.3) is 11.8 Å². The smallest absolute Gasteiger partial charge is 0.265 e. The average Bonchev–Trinajstić information content (AvgIpc) is 3.30. The molecule has 0 atom stereocenters. The van der Waals surface area contributed by atoms with Crippen LogP contribution in [0, 0.1) is 0 Å². The van der Waals surface area contributed by atoms with Crippen LogP contribution in [-0.4, -0.2) is 37.8 Å². The zero-order valence-electron chi connectivity index (χ0n) is 21.8. The summed E-state index contributed by atoms with van der Waals surface area (Å²) in [7, 11) is 0. The number of carbonyl (C=O) groups is 3. The number of phenols is 1. The summed E-state index contributed by atoms with van der Waals surface area (Å²) >= 11 is 0. The van der Waals surface area contributed by atoms with Crippen molar-refractivity contribution in [3.05, 3.63) is 83.4 Å². The molecular weight excluding hydrogens is 494 g/mol. The van der Waals surface area contributed by atoms with E-state index in [9.17, 15) is 19.5 Å². The number of aromatic hydroxyl groups is 1. The number of anilines is 2. The lowest BCUT2D eigenvalue weighted by atomic mass is 9.87. The van der Waals surface area contributed by atoms with Crippen LogP contribution in [0.4, 0.5) is 11.4 Å². The Balaban J connectivity index is 1.43. The van der Waals surface area contributed by atoms with E-state index in [4.69, 9.17) is 0 Å². The standard InChI is InChI=1S/C30H25N5O4/c1-16(36)31-22-12-10-21-27-19(22)6-5-7-20(27)28(38)34(29(21)39)18-9-11-23-24(15-18)33-35(32-23)25-14-17(30(2,3)4)8-13-26(25)37/h5-15,37H,1-4H3,(H,31,36). The van der Waals surface area contributed by atoms with Gasteiger partial charge in [0, 0.05) is 34.5 Å². The molecule has 0 spiro atoms. The monoisotopic (exact) mass is 519 g/mol. The van der Waals surface area contributed by atoms with E-state index in [1.54, 1.807) is 54.6 Å². The maximum Gasteiger partial charge on any atom is 0.265 e. The third-order valence-corrected chi connectivity index (χ3v) is 6.90. The third kappa shape index (κ3) is 3.90. The number of nitrogens with one attached hydrogen (secondary N) is 1. The summed E-state index contributed by atoms with van der Waals surface area (Å²) < 4.78 is 0. The quantitative estimate of drug-likeness (QED) is 0.311. The molecule has 194 valence electrons. The van der Waals surface area contributed by atoms with E-state index in [0.29, 0.717) is 50.0 Å². The highest BCUT2D eigenvalue weighted by Crippen LogP contribution is 2.37. The minimum atomic E-state index is -0.472. The molecule has 1 aliphatic rings. The number of hydrogen-bond acceptors (Lipinski definition) is 6. The molecule has 3 amide bonds. The Morgan fingerprint density at radius 3 is 2.31 bits per heavy atom. The van der Waals surface area contributed by atoms with E-state index in [2.05, 4.69) is 36.3 Å². The Kier molecular flexibility index (Phi) is 5.29. The number of phenolic OH excluding ortho intramolecular Hbond substituents is 1. The Labute approximate surface area is 223 Å². The summed E-state index contributed by atoms with van der Waals surface area (Å²) in [5.41, 5.74) is 3.91. The second kappa shape index (κ2) is 8.49. The average molecular weight is 520 g/mol. The van der Waals surface area contributed by atoms with Gasteiger partial charge < -0.3 is 10.4 Å². The first-order valence-electron chi connectivity index (χ1n) is 12.5. The first-order valence-corrected chi connectivity index (χ1v) is 12.5. The van der Waals surface area contributed by atoms with Crippen molar-refractivity contribution in [1.29, 1.82) is 0 Å². The zero-order valence-corrected chi connectivity index (χ0v) is 21.8. The van der Waals surface area contributed by atoms with Crippen LogP contribution in [0.25, 0.3) is 27.5 Å². The largest absolute Gasteiger partial charge is 0.506 e. The molecule has 0 radical (unpaired) electrons. The summed E-state index contributed by atoms with van der Waals surface area (Å²) in [5, 5.41) is 23.5. The predicted octanol–water partition coefficient (Wildman–Crippen LogP) is 5.34. The molecule has 2 N–H and O–H groups in total. The molecule has 1 aromatic heterocycles. The van der Waals surface area contributed by atoms with E-state index >= 15 is 0 Å². The normalized spacial score (nSPS) is 13.4. The topological polar surface area (TPSA) is 117 Å². The van der Waals surface area contributed by atoms with Gasteiger partial charge in [0.1, 0.15) is 22.5 Å². The van der Waals surface area contributed by atoms with Gasteiger partial charge in [-0.2, -0.15) is 0 Å². The molecule has 0 saturated heterocycles. The molecule has 0 aliphatic carbocycles. The number of fused-ring (bicyclic) bond motifs is 1. The van der Waals surface area contributed by atoms with Gasteiger partial charge in [-0.3, -0.25) is 14.4 Å². The Morgan fingerprint density at radius 1 is 0.872 bits per heavy atom.